The Morgan fingerprint density at radius 1 is 1.28 bits per heavy atom. The van der Waals surface area contributed by atoms with Crippen molar-refractivity contribution in [2.45, 2.75) is 31.8 Å². The van der Waals surface area contributed by atoms with E-state index in [-0.39, 0.29) is 6.42 Å². The van der Waals surface area contributed by atoms with Gasteiger partial charge in [-0.25, -0.2) is 0 Å². The predicted octanol–water partition coefficient (Wildman–Crippen LogP) is 3.43. The third kappa shape index (κ3) is 4.16. The topological polar surface area (TPSA) is 40.5 Å². The SMILES string of the molecule is O=C(O)CCN(Cc1cc(Cl)cc(Cl)c1)C1CC1. The number of rotatable bonds is 6. The summed E-state index contributed by atoms with van der Waals surface area (Å²) < 4.78 is 0. The van der Waals surface area contributed by atoms with Crippen molar-refractivity contribution in [3.63, 3.8) is 0 Å². The number of carboxylic acid groups (broad SMARTS) is 1. The first-order valence-corrected chi connectivity index (χ1v) is 6.71. The zero-order valence-electron chi connectivity index (χ0n) is 9.90. The van der Waals surface area contributed by atoms with Gasteiger partial charge >= 0.3 is 5.97 Å². The lowest BCUT2D eigenvalue weighted by Gasteiger charge is -2.21. The van der Waals surface area contributed by atoms with Gasteiger partial charge in [-0.05, 0) is 36.6 Å². The first-order chi connectivity index (χ1) is 8.54. The second-order valence-corrected chi connectivity index (χ2v) is 5.50. The Hall–Kier alpha value is -0.770. The number of halogens is 2. The summed E-state index contributed by atoms with van der Waals surface area (Å²) in [7, 11) is 0. The van der Waals surface area contributed by atoms with Crippen LogP contribution in [0.25, 0.3) is 0 Å². The average molecular weight is 288 g/mol. The highest BCUT2D eigenvalue weighted by Crippen LogP contribution is 2.29. The lowest BCUT2D eigenvalue weighted by molar-refractivity contribution is -0.137. The molecule has 1 fully saturated rings. The summed E-state index contributed by atoms with van der Waals surface area (Å²) in [5.74, 6) is -0.759. The summed E-state index contributed by atoms with van der Waals surface area (Å²) >= 11 is 11.9. The van der Waals surface area contributed by atoms with E-state index in [2.05, 4.69) is 4.90 Å². The van der Waals surface area contributed by atoms with Crippen molar-refractivity contribution in [3.05, 3.63) is 33.8 Å². The molecule has 1 N–H and O–H groups in total. The molecule has 3 nitrogen and oxygen atoms in total. The predicted molar refractivity (Wildman–Crippen MR) is 72.1 cm³/mol. The fourth-order valence-electron chi connectivity index (χ4n) is 2.01. The van der Waals surface area contributed by atoms with Crippen LogP contribution in [0.4, 0.5) is 0 Å². The van der Waals surface area contributed by atoms with Crippen LogP contribution in [0.15, 0.2) is 18.2 Å². The highest BCUT2D eigenvalue weighted by Gasteiger charge is 2.29. The van der Waals surface area contributed by atoms with Gasteiger partial charge in [-0.3, -0.25) is 9.69 Å². The second kappa shape index (κ2) is 5.91. The molecule has 1 aliphatic rings. The summed E-state index contributed by atoms with van der Waals surface area (Å²) in [6.07, 6.45) is 2.46. The van der Waals surface area contributed by atoms with Crippen molar-refractivity contribution >= 4 is 29.2 Å². The van der Waals surface area contributed by atoms with Gasteiger partial charge in [0.05, 0.1) is 6.42 Å². The number of benzene rings is 1. The molecule has 0 bridgehead atoms. The van der Waals surface area contributed by atoms with Crippen LogP contribution in [0.3, 0.4) is 0 Å². The maximum absolute atomic E-state index is 10.6. The van der Waals surface area contributed by atoms with Crippen LogP contribution >= 0.6 is 23.2 Å². The standard InChI is InChI=1S/C13H15Cl2NO2/c14-10-5-9(6-11(15)7-10)8-16(12-1-2-12)4-3-13(17)18/h5-7,12H,1-4,8H2,(H,17,18). The molecule has 1 aromatic rings. The van der Waals surface area contributed by atoms with Gasteiger partial charge in [0.2, 0.25) is 0 Å². The van der Waals surface area contributed by atoms with Gasteiger partial charge in [-0.1, -0.05) is 23.2 Å². The van der Waals surface area contributed by atoms with Crippen LogP contribution in [-0.2, 0) is 11.3 Å². The van der Waals surface area contributed by atoms with E-state index in [1.165, 1.54) is 0 Å². The Morgan fingerprint density at radius 3 is 2.39 bits per heavy atom. The van der Waals surface area contributed by atoms with Crippen molar-refractivity contribution < 1.29 is 9.90 Å². The molecule has 1 aromatic carbocycles. The molecule has 0 atom stereocenters. The maximum Gasteiger partial charge on any atom is 0.304 e. The molecule has 0 aromatic heterocycles. The Labute approximate surface area is 116 Å². The fourth-order valence-corrected chi connectivity index (χ4v) is 2.58. The molecule has 2 rings (SSSR count). The molecule has 5 heteroatoms. The largest absolute Gasteiger partial charge is 0.481 e. The molecule has 1 aliphatic carbocycles. The number of aliphatic carboxylic acids is 1. The molecule has 1 saturated carbocycles. The summed E-state index contributed by atoms with van der Waals surface area (Å²) in [6, 6.07) is 5.97. The third-order valence-corrected chi connectivity index (χ3v) is 3.42. The Morgan fingerprint density at radius 2 is 1.89 bits per heavy atom. The lowest BCUT2D eigenvalue weighted by Crippen LogP contribution is -2.28. The highest BCUT2D eigenvalue weighted by molar-refractivity contribution is 6.34. The minimum Gasteiger partial charge on any atom is -0.481 e. The van der Waals surface area contributed by atoms with E-state index in [1.807, 2.05) is 12.1 Å². The zero-order chi connectivity index (χ0) is 13.1. The normalized spacial score (nSPS) is 15.1. The maximum atomic E-state index is 10.6. The van der Waals surface area contributed by atoms with Crippen molar-refractivity contribution in [2.75, 3.05) is 6.54 Å². The van der Waals surface area contributed by atoms with Crippen LogP contribution in [0.5, 0.6) is 0 Å². The molecule has 0 unspecified atom stereocenters. The quantitative estimate of drug-likeness (QED) is 0.871. The smallest absolute Gasteiger partial charge is 0.304 e. The molecular formula is C13H15Cl2NO2. The van der Waals surface area contributed by atoms with Crippen LogP contribution in [0.1, 0.15) is 24.8 Å². The Kier molecular flexibility index (Phi) is 4.49. The highest BCUT2D eigenvalue weighted by atomic mass is 35.5. The van der Waals surface area contributed by atoms with Gasteiger partial charge in [0.15, 0.2) is 0 Å². The number of hydrogen-bond acceptors (Lipinski definition) is 2. The summed E-state index contributed by atoms with van der Waals surface area (Å²) in [5.41, 5.74) is 1.03. The molecule has 18 heavy (non-hydrogen) atoms. The molecule has 0 saturated heterocycles. The van der Waals surface area contributed by atoms with Gasteiger partial charge < -0.3 is 5.11 Å². The van der Waals surface area contributed by atoms with Crippen LogP contribution < -0.4 is 0 Å². The van der Waals surface area contributed by atoms with E-state index in [1.54, 1.807) is 6.07 Å². The minimum absolute atomic E-state index is 0.171. The fraction of sp³-hybridized carbons (Fsp3) is 0.462. The lowest BCUT2D eigenvalue weighted by atomic mass is 10.2. The Bertz CT molecular complexity index is 426. The number of carboxylic acids is 1. The first-order valence-electron chi connectivity index (χ1n) is 5.95. The van der Waals surface area contributed by atoms with E-state index in [0.717, 1.165) is 18.4 Å². The van der Waals surface area contributed by atoms with Gasteiger partial charge in [0.25, 0.3) is 0 Å². The van der Waals surface area contributed by atoms with Crippen molar-refractivity contribution in [2.24, 2.45) is 0 Å². The molecule has 0 aliphatic heterocycles. The summed E-state index contributed by atoms with van der Waals surface area (Å²) in [5, 5.41) is 9.98. The van der Waals surface area contributed by atoms with Crippen LogP contribution in [0.2, 0.25) is 10.0 Å². The Balaban J connectivity index is 2.01. The summed E-state index contributed by atoms with van der Waals surface area (Å²) in [6.45, 7) is 1.28. The summed E-state index contributed by atoms with van der Waals surface area (Å²) in [4.78, 5) is 12.8. The van der Waals surface area contributed by atoms with Gasteiger partial charge in [0, 0.05) is 29.2 Å². The monoisotopic (exact) mass is 287 g/mol. The first kappa shape index (κ1) is 13.7. The van der Waals surface area contributed by atoms with Gasteiger partial charge in [-0.15, -0.1) is 0 Å². The van der Waals surface area contributed by atoms with Crippen LogP contribution in [-0.4, -0.2) is 28.6 Å². The van der Waals surface area contributed by atoms with Crippen molar-refractivity contribution in [1.82, 2.24) is 4.90 Å². The van der Waals surface area contributed by atoms with E-state index < -0.39 is 5.97 Å². The molecule has 98 valence electrons. The number of hydrogen-bond donors (Lipinski definition) is 1. The molecule has 0 heterocycles. The molecular weight excluding hydrogens is 273 g/mol. The van der Waals surface area contributed by atoms with E-state index >= 15 is 0 Å². The van der Waals surface area contributed by atoms with E-state index in [0.29, 0.717) is 29.2 Å². The van der Waals surface area contributed by atoms with Crippen LogP contribution in [0, 0.1) is 0 Å². The zero-order valence-corrected chi connectivity index (χ0v) is 11.4. The third-order valence-electron chi connectivity index (χ3n) is 2.98. The van der Waals surface area contributed by atoms with E-state index in [4.69, 9.17) is 28.3 Å². The van der Waals surface area contributed by atoms with Crippen molar-refractivity contribution in [3.8, 4) is 0 Å². The molecule has 0 spiro atoms. The second-order valence-electron chi connectivity index (χ2n) is 4.62. The molecule has 0 amide bonds. The number of nitrogens with zero attached hydrogens (tertiary/aromatic N) is 1. The van der Waals surface area contributed by atoms with E-state index in [9.17, 15) is 4.79 Å². The van der Waals surface area contributed by atoms with Gasteiger partial charge in [-0.2, -0.15) is 0 Å². The van der Waals surface area contributed by atoms with Gasteiger partial charge in [0.1, 0.15) is 0 Å². The minimum atomic E-state index is -0.759. The molecule has 0 radical (unpaired) electrons. The number of carbonyl (C=O) groups is 1. The average Bonchev–Trinajstić information content (AvgIpc) is 3.06. The van der Waals surface area contributed by atoms with Crippen molar-refractivity contribution in [1.29, 1.82) is 0 Å².